The van der Waals surface area contributed by atoms with Crippen LogP contribution in [-0.2, 0) is 9.59 Å². The maximum Gasteiger partial charge on any atom is 0.300 e. The van der Waals surface area contributed by atoms with Crippen molar-refractivity contribution in [1.82, 2.24) is 4.90 Å². The zero-order valence-electron chi connectivity index (χ0n) is 11.5. The molecule has 1 N–H and O–H groups in total. The molecule has 0 saturated carbocycles. The zero-order chi connectivity index (χ0) is 15.0. The SMILES string of the molecule is COc1ccc(/C(O)=C2\C(=O)C(=O)N3CCCN=C23)cc1. The van der Waals surface area contributed by atoms with Crippen molar-refractivity contribution in [2.45, 2.75) is 6.42 Å². The van der Waals surface area contributed by atoms with E-state index in [0.29, 0.717) is 24.4 Å². The lowest BCUT2D eigenvalue weighted by Crippen LogP contribution is -2.35. The Kier molecular flexibility index (Phi) is 3.21. The fraction of sp³-hybridized carbons (Fsp3) is 0.267. The van der Waals surface area contributed by atoms with Crippen LogP contribution in [-0.4, -0.2) is 47.7 Å². The molecule has 0 atom stereocenters. The van der Waals surface area contributed by atoms with Crippen molar-refractivity contribution < 1.29 is 19.4 Å². The second kappa shape index (κ2) is 5.05. The lowest BCUT2D eigenvalue weighted by Gasteiger charge is -2.19. The van der Waals surface area contributed by atoms with E-state index in [2.05, 4.69) is 4.99 Å². The number of aliphatic imine (C=N–C) groups is 1. The minimum Gasteiger partial charge on any atom is -0.506 e. The van der Waals surface area contributed by atoms with Crippen LogP contribution in [0.15, 0.2) is 34.8 Å². The summed E-state index contributed by atoms with van der Waals surface area (Å²) in [4.78, 5) is 29.6. The molecule has 108 valence electrons. The molecule has 0 unspecified atom stereocenters. The fourth-order valence-corrected chi connectivity index (χ4v) is 2.45. The summed E-state index contributed by atoms with van der Waals surface area (Å²) in [5.74, 6) is -0.627. The maximum absolute atomic E-state index is 12.1. The van der Waals surface area contributed by atoms with Crippen molar-refractivity contribution in [1.29, 1.82) is 0 Å². The molecule has 1 fully saturated rings. The second-order valence-electron chi connectivity index (χ2n) is 4.80. The fourth-order valence-electron chi connectivity index (χ4n) is 2.45. The van der Waals surface area contributed by atoms with E-state index >= 15 is 0 Å². The highest BCUT2D eigenvalue weighted by atomic mass is 16.5. The molecular weight excluding hydrogens is 272 g/mol. The highest BCUT2D eigenvalue weighted by molar-refractivity contribution is 6.58. The molecule has 1 saturated heterocycles. The first-order valence-corrected chi connectivity index (χ1v) is 6.62. The number of aliphatic hydroxyl groups excluding tert-OH is 1. The third kappa shape index (κ3) is 2.08. The number of hydrogen-bond acceptors (Lipinski definition) is 5. The van der Waals surface area contributed by atoms with Crippen LogP contribution in [0.25, 0.3) is 5.76 Å². The van der Waals surface area contributed by atoms with Crippen LogP contribution in [0.3, 0.4) is 0 Å². The van der Waals surface area contributed by atoms with Gasteiger partial charge in [0, 0.05) is 18.7 Å². The van der Waals surface area contributed by atoms with Crippen molar-refractivity contribution in [3.05, 3.63) is 35.4 Å². The van der Waals surface area contributed by atoms with E-state index in [1.54, 1.807) is 31.4 Å². The molecule has 2 aliphatic rings. The van der Waals surface area contributed by atoms with Crippen molar-refractivity contribution in [3.8, 4) is 5.75 Å². The number of rotatable bonds is 2. The lowest BCUT2D eigenvalue weighted by molar-refractivity contribution is -0.138. The zero-order valence-corrected chi connectivity index (χ0v) is 11.5. The number of Topliss-reactive ketones (excluding diaryl/α,β-unsaturated/α-hetero) is 1. The Bertz CT molecular complexity index is 673. The van der Waals surface area contributed by atoms with Gasteiger partial charge in [0.05, 0.1) is 7.11 Å². The first-order chi connectivity index (χ1) is 10.1. The minimum atomic E-state index is -0.705. The third-order valence-electron chi connectivity index (χ3n) is 3.55. The summed E-state index contributed by atoms with van der Waals surface area (Å²) in [7, 11) is 1.54. The molecule has 1 aromatic carbocycles. The van der Waals surface area contributed by atoms with E-state index in [1.165, 1.54) is 4.90 Å². The molecule has 6 heteroatoms. The molecule has 0 radical (unpaired) electrons. The van der Waals surface area contributed by atoms with Gasteiger partial charge < -0.3 is 9.84 Å². The summed E-state index contributed by atoms with van der Waals surface area (Å²) >= 11 is 0. The summed E-state index contributed by atoms with van der Waals surface area (Å²) in [6, 6.07) is 6.61. The largest absolute Gasteiger partial charge is 0.506 e. The molecule has 1 aromatic rings. The third-order valence-corrected chi connectivity index (χ3v) is 3.55. The van der Waals surface area contributed by atoms with Crippen LogP contribution < -0.4 is 4.74 Å². The van der Waals surface area contributed by atoms with E-state index in [1.807, 2.05) is 0 Å². The van der Waals surface area contributed by atoms with Gasteiger partial charge in [-0.15, -0.1) is 0 Å². The minimum absolute atomic E-state index is 0.00938. The number of aliphatic hydroxyl groups is 1. The van der Waals surface area contributed by atoms with Crippen LogP contribution in [0.2, 0.25) is 0 Å². The van der Waals surface area contributed by atoms with E-state index in [-0.39, 0.29) is 17.2 Å². The predicted molar refractivity (Wildman–Crippen MR) is 76.2 cm³/mol. The van der Waals surface area contributed by atoms with Gasteiger partial charge in [0.2, 0.25) is 0 Å². The summed E-state index contributed by atoms with van der Waals surface area (Å²) < 4.78 is 5.05. The van der Waals surface area contributed by atoms with Gasteiger partial charge in [-0.2, -0.15) is 0 Å². The standard InChI is InChI=1S/C15H14N2O4/c1-21-10-5-3-9(4-6-10)12(18)11-13(19)15(20)17-8-2-7-16-14(11)17/h3-6,18H,2,7-8H2,1H3/b12-11-. The number of carbonyl (C=O) groups is 2. The second-order valence-corrected chi connectivity index (χ2v) is 4.80. The highest BCUT2D eigenvalue weighted by Gasteiger charge is 2.43. The van der Waals surface area contributed by atoms with Crippen LogP contribution in [0, 0.1) is 0 Å². The van der Waals surface area contributed by atoms with Gasteiger partial charge in [-0.05, 0) is 30.7 Å². The lowest BCUT2D eigenvalue weighted by atomic mass is 10.1. The average molecular weight is 286 g/mol. The molecular formula is C15H14N2O4. The number of ether oxygens (including phenoxy) is 1. The topological polar surface area (TPSA) is 79.2 Å². The summed E-state index contributed by atoms with van der Waals surface area (Å²) in [6.07, 6.45) is 0.721. The number of carbonyl (C=O) groups excluding carboxylic acids is 2. The van der Waals surface area contributed by atoms with E-state index in [9.17, 15) is 14.7 Å². The Labute approximate surface area is 121 Å². The van der Waals surface area contributed by atoms with Crippen molar-refractivity contribution in [2.75, 3.05) is 20.2 Å². The monoisotopic (exact) mass is 286 g/mol. The molecule has 2 heterocycles. The Morgan fingerprint density at radius 2 is 2.00 bits per heavy atom. The first-order valence-electron chi connectivity index (χ1n) is 6.62. The summed E-state index contributed by atoms with van der Waals surface area (Å²) in [5.41, 5.74) is 0.437. The van der Waals surface area contributed by atoms with Crippen LogP contribution in [0.4, 0.5) is 0 Å². The van der Waals surface area contributed by atoms with Crippen molar-refractivity contribution >= 4 is 23.3 Å². The molecule has 0 bridgehead atoms. The Hall–Kier alpha value is -2.63. The molecule has 3 rings (SSSR count). The van der Waals surface area contributed by atoms with E-state index in [4.69, 9.17) is 4.74 Å². The molecule has 21 heavy (non-hydrogen) atoms. The Balaban J connectivity index is 2.08. The van der Waals surface area contributed by atoms with Gasteiger partial charge in [-0.1, -0.05) is 0 Å². The molecule has 1 amide bonds. The van der Waals surface area contributed by atoms with Crippen LogP contribution in [0.1, 0.15) is 12.0 Å². The number of amides is 1. The van der Waals surface area contributed by atoms with Gasteiger partial charge in [-0.3, -0.25) is 19.5 Å². The van der Waals surface area contributed by atoms with Crippen molar-refractivity contribution in [3.63, 3.8) is 0 Å². The number of fused-ring (bicyclic) bond motifs is 1. The number of hydrogen-bond donors (Lipinski definition) is 1. The summed E-state index contributed by atoms with van der Waals surface area (Å²) in [5, 5.41) is 10.4. The van der Waals surface area contributed by atoms with Gasteiger partial charge in [0.1, 0.15) is 22.9 Å². The number of benzene rings is 1. The van der Waals surface area contributed by atoms with E-state index in [0.717, 1.165) is 6.42 Å². The van der Waals surface area contributed by atoms with Crippen LogP contribution in [0.5, 0.6) is 5.75 Å². The van der Waals surface area contributed by atoms with E-state index < -0.39 is 11.7 Å². The average Bonchev–Trinajstić information content (AvgIpc) is 2.79. The smallest absolute Gasteiger partial charge is 0.300 e. The van der Waals surface area contributed by atoms with Gasteiger partial charge >= 0.3 is 5.91 Å². The summed E-state index contributed by atoms with van der Waals surface area (Å²) in [6.45, 7) is 1.01. The van der Waals surface area contributed by atoms with Crippen molar-refractivity contribution in [2.24, 2.45) is 4.99 Å². The van der Waals surface area contributed by atoms with Gasteiger partial charge in [0.15, 0.2) is 0 Å². The molecule has 0 spiro atoms. The molecule has 0 aliphatic carbocycles. The maximum atomic E-state index is 12.1. The van der Waals surface area contributed by atoms with Gasteiger partial charge in [-0.25, -0.2) is 0 Å². The number of amidine groups is 1. The number of methoxy groups -OCH3 is 1. The normalized spacial score (nSPS) is 20.2. The molecule has 6 nitrogen and oxygen atoms in total. The number of nitrogens with zero attached hydrogens (tertiary/aromatic N) is 2. The quantitative estimate of drug-likeness (QED) is 0.503. The molecule has 0 aromatic heterocycles. The molecule has 2 aliphatic heterocycles. The number of ketones is 1. The predicted octanol–water partition coefficient (Wildman–Crippen LogP) is 1.18. The first kappa shape index (κ1) is 13.4. The Morgan fingerprint density at radius 1 is 1.29 bits per heavy atom. The van der Waals surface area contributed by atoms with Crippen LogP contribution >= 0.6 is 0 Å². The van der Waals surface area contributed by atoms with Gasteiger partial charge in [0.25, 0.3) is 5.78 Å². The Morgan fingerprint density at radius 3 is 2.67 bits per heavy atom. The highest BCUT2D eigenvalue weighted by Crippen LogP contribution is 2.27.